The van der Waals surface area contributed by atoms with Crippen LogP contribution in [0, 0.1) is 5.82 Å². The number of sulfone groups is 1. The van der Waals surface area contributed by atoms with E-state index >= 15 is 0 Å². The summed E-state index contributed by atoms with van der Waals surface area (Å²) >= 11 is 0. The molecule has 0 N–H and O–H groups in total. The van der Waals surface area contributed by atoms with Gasteiger partial charge in [-0.3, -0.25) is 0 Å². The van der Waals surface area contributed by atoms with E-state index in [-0.39, 0.29) is 30.1 Å². The van der Waals surface area contributed by atoms with E-state index in [2.05, 4.69) is 0 Å². The Balaban J connectivity index is 2.29. The van der Waals surface area contributed by atoms with Crippen LogP contribution in [0.5, 0.6) is 5.75 Å². The SMILES string of the molecule is COc1cc2c(cc1C(F)(F)F)N(c1ccc(F)cc1)C[C@@H](CCS(C)(=O)=O)N(C)S2(=O)=O. The Kier molecular flexibility index (Phi) is 6.70. The molecule has 33 heavy (non-hydrogen) atoms. The van der Waals surface area contributed by atoms with Gasteiger partial charge in [-0.15, -0.1) is 0 Å². The number of anilines is 2. The van der Waals surface area contributed by atoms with E-state index in [1.54, 1.807) is 0 Å². The molecule has 0 radical (unpaired) electrons. The quantitative estimate of drug-likeness (QED) is 0.574. The molecule has 1 aliphatic rings. The van der Waals surface area contributed by atoms with Crippen molar-refractivity contribution in [3.63, 3.8) is 0 Å². The maximum atomic E-state index is 13.7. The van der Waals surface area contributed by atoms with Crippen LogP contribution in [0.15, 0.2) is 41.3 Å². The second-order valence-corrected chi connectivity index (χ2v) is 11.9. The number of rotatable bonds is 5. The summed E-state index contributed by atoms with van der Waals surface area (Å²) in [7, 11) is -5.55. The standard InChI is InChI=1S/C20H22F4N2O5S2/c1-25-15(8-9-32(3,27)28)12-26(14-6-4-13(21)5-7-14)17-10-16(20(22,23)24)18(31-2)11-19(17)33(25,29)30/h4-7,10-11,15H,8-9,12H2,1-3H3/t15-/m1/s1. The van der Waals surface area contributed by atoms with Crippen LogP contribution in [0.1, 0.15) is 12.0 Å². The predicted molar refractivity (Wildman–Crippen MR) is 114 cm³/mol. The first-order valence-corrected chi connectivity index (χ1v) is 13.1. The van der Waals surface area contributed by atoms with Crippen molar-refractivity contribution in [2.45, 2.75) is 23.5 Å². The van der Waals surface area contributed by atoms with Crippen LogP contribution in [0.4, 0.5) is 28.9 Å². The first-order chi connectivity index (χ1) is 15.1. The summed E-state index contributed by atoms with van der Waals surface area (Å²) in [6.45, 7) is -0.159. The van der Waals surface area contributed by atoms with Crippen molar-refractivity contribution in [3.05, 3.63) is 47.8 Å². The van der Waals surface area contributed by atoms with E-state index in [4.69, 9.17) is 4.74 Å². The average molecular weight is 511 g/mol. The molecule has 1 atom stereocenters. The second-order valence-electron chi connectivity index (χ2n) is 7.70. The Hall–Kier alpha value is -2.38. The highest BCUT2D eigenvalue weighted by atomic mass is 32.2. The lowest BCUT2D eigenvalue weighted by Crippen LogP contribution is -2.41. The third-order valence-corrected chi connectivity index (χ3v) is 8.32. The van der Waals surface area contributed by atoms with E-state index < -0.39 is 54.1 Å². The minimum Gasteiger partial charge on any atom is -0.496 e. The number of likely N-dealkylation sites (N-methyl/N-ethyl adjacent to an activating group) is 1. The third kappa shape index (κ3) is 5.25. The Bertz CT molecular complexity index is 1250. The summed E-state index contributed by atoms with van der Waals surface area (Å²) in [5, 5.41) is 0. The van der Waals surface area contributed by atoms with Crippen LogP contribution < -0.4 is 9.64 Å². The molecule has 0 amide bonds. The molecule has 2 aromatic rings. The fourth-order valence-electron chi connectivity index (χ4n) is 3.62. The number of methoxy groups -OCH3 is 1. The number of nitrogens with zero attached hydrogens (tertiary/aromatic N) is 2. The molecule has 182 valence electrons. The summed E-state index contributed by atoms with van der Waals surface area (Å²) in [5.74, 6) is -1.59. The van der Waals surface area contributed by atoms with Gasteiger partial charge < -0.3 is 9.64 Å². The Labute approximate surface area is 189 Å². The first kappa shape index (κ1) is 25.2. The fraction of sp³-hybridized carbons (Fsp3) is 0.400. The van der Waals surface area contributed by atoms with Crippen LogP contribution in [0.25, 0.3) is 0 Å². The molecular formula is C20H22F4N2O5S2. The van der Waals surface area contributed by atoms with Gasteiger partial charge >= 0.3 is 6.18 Å². The maximum Gasteiger partial charge on any atom is 0.420 e. The highest BCUT2D eigenvalue weighted by Crippen LogP contribution is 2.45. The molecule has 7 nitrogen and oxygen atoms in total. The summed E-state index contributed by atoms with van der Waals surface area (Å²) in [4.78, 5) is 0.873. The van der Waals surface area contributed by atoms with Crippen molar-refractivity contribution in [2.75, 3.05) is 37.6 Å². The monoisotopic (exact) mass is 510 g/mol. The first-order valence-electron chi connectivity index (χ1n) is 9.63. The third-order valence-electron chi connectivity index (χ3n) is 5.40. The summed E-state index contributed by atoms with van der Waals surface area (Å²) in [6.07, 6.45) is -3.93. The summed E-state index contributed by atoms with van der Waals surface area (Å²) in [6, 6.07) is 5.39. The largest absolute Gasteiger partial charge is 0.496 e. The number of hydrogen-bond donors (Lipinski definition) is 0. The highest BCUT2D eigenvalue weighted by molar-refractivity contribution is 7.90. The zero-order valence-electron chi connectivity index (χ0n) is 17.9. The van der Waals surface area contributed by atoms with Gasteiger partial charge in [-0.05, 0) is 36.8 Å². The lowest BCUT2D eigenvalue weighted by Gasteiger charge is -2.29. The molecular weight excluding hydrogens is 488 g/mol. The van der Waals surface area contributed by atoms with Crippen LogP contribution in [-0.4, -0.2) is 59.9 Å². The van der Waals surface area contributed by atoms with Crippen LogP contribution in [0.2, 0.25) is 0 Å². The summed E-state index contributed by atoms with van der Waals surface area (Å²) in [5.41, 5.74) is -1.21. The van der Waals surface area contributed by atoms with Gasteiger partial charge in [0.05, 0.1) is 24.1 Å². The van der Waals surface area contributed by atoms with E-state index in [0.29, 0.717) is 6.07 Å². The molecule has 1 aliphatic heterocycles. The number of ether oxygens (including phenoxy) is 1. The smallest absolute Gasteiger partial charge is 0.420 e. The van der Waals surface area contributed by atoms with Crippen molar-refractivity contribution in [1.82, 2.24) is 4.31 Å². The normalized spacial score (nSPS) is 19.1. The number of hydrogen-bond acceptors (Lipinski definition) is 6. The number of benzene rings is 2. The van der Waals surface area contributed by atoms with Gasteiger partial charge in [-0.1, -0.05) is 0 Å². The Morgan fingerprint density at radius 2 is 1.76 bits per heavy atom. The number of fused-ring (bicyclic) bond motifs is 1. The molecule has 0 spiro atoms. The van der Waals surface area contributed by atoms with Crippen molar-refractivity contribution >= 4 is 31.2 Å². The molecule has 0 fully saturated rings. The molecule has 0 saturated carbocycles. The zero-order chi connectivity index (χ0) is 24.8. The van der Waals surface area contributed by atoms with Crippen molar-refractivity contribution < 1.29 is 39.1 Å². The van der Waals surface area contributed by atoms with Crippen LogP contribution in [0.3, 0.4) is 0 Å². The van der Waals surface area contributed by atoms with Crippen LogP contribution >= 0.6 is 0 Å². The van der Waals surface area contributed by atoms with Crippen LogP contribution in [-0.2, 0) is 26.0 Å². The molecule has 0 aliphatic carbocycles. The topological polar surface area (TPSA) is 84.0 Å². The molecule has 13 heteroatoms. The highest BCUT2D eigenvalue weighted by Gasteiger charge is 2.42. The van der Waals surface area contributed by atoms with Gasteiger partial charge in [0.2, 0.25) is 10.0 Å². The average Bonchev–Trinajstić information content (AvgIpc) is 2.79. The summed E-state index contributed by atoms with van der Waals surface area (Å²) < 4.78 is 111. The minimum absolute atomic E-state index is 0.0937. The number of halogens is 4. The van der Waals surface area contributed by atoms with Crippen molar-refractivity contribution in [2.24, 2.45) is 0 Å². The zero-order valence-corrected chi connectivity index (χ0v) is 19.6. The van der Waals surface area contributed by atoms with Gasteiger partial charge in [0.25, 0.3) is 0 Å². The lowest BCUT2D eigenvalue weighted by atomic mass is 10.1. The number of sulfonamides is 1. The molecule has 1 heterocycles. The molecule has 0 saturated heterocycles. The fourth-order valence-corrected chi connectivity index (χ4v) is 5.89. The van der Waals surface area contributed by atoms with E-state index in [1.807, 2.05) is 0 Å². The number of alkyl halides is 3. The molecule has 0 aromatic heterocycles. The maximum absolute atomic E-state index is 13.7. The lowest BCUT2D eigenvalue weighted by molar-refractivity contribution is -0.138. The predicted octanol–water partition coefficient (Wildman–Crippen LogP) is 3.43. The van der Waals surface area contributed by atoms with Gasteiger partial charge in [0.15, 0.2) is 0 Å². The molecule has 0 bridgehead atoms. The van der Waals surface area contributed by atoms with Gasteiger partial charge in [0.1, 0.15) is 26.3 Å². The molecule has 0 unspecified atom stereocenters. The van der Waals surface area contributed by atoms with E-state index in [1.165, 1.54) is 24.1 Å². The van der Waals surface area contributed by atoms with E-state index in [9.17, 15) is 34.4 Å². The Morgan fingerprint density at radius 1 is 1.15 bits per heavy atom. The molecule has 2 aromatic carbocycles. The van der Waals surface area contributed by atoms with E-state index in [0.717, 1.165) is 35.9 Å². The van der Waals surface area contributed by atoms with Gasteiger partial charge in [0, 0.05) is 37.6 Å². The second kappa shape index (κ2) is 8.76. The Morgan fingerprint density at radius 3 is 2.27 bits per heavy atom. The minimum atomic E-state index is -4.84. The van der Waals surface area contributed by atoms with Crippen molar-refractivity contribution in [3.8, 4) is 5.75 Å². The van der Waals surface area contributed by atoms with Gasteiger partial charge in [-0.25, -0.2) is 21.2 Å². The van der Waals surface area contributed by atoms with Crippen molar-refractivity contribution in [1.29, 1.82) is 0 Å². The molecule has 3 rings (SSSR count). The van der Waals surface area contributed by atoms with Gasteiger partial charge in [-0.2, -0.15) is 17.5 Å².